The average molecular weight is 367 g/mol. The number of para-hydroxylation sites is 1. The minimum Gasteiger partial charge on any atom is -0.496 e. The summed E-state index contributed by atoms with van der Waals surface area (Å²) in [5.41, 5.74) is 1.76. The number of ether oxygens (including phenoxy) is 1. The van der Waals surface area contributed by atoms with Crippen LogP contribution >= 0.6 is 0 Å². The molecule has 0 saturated heterocycles. The first-order valence-electron chi connectivity index (χ1n) is 9.54. The van der Waals surface area contributed by atoms with Crippen LogP contribution in [0.25, 0.3) is 0 Å². The number of nitrogens with one attached hydrogen (secondary N) is 1. The van der Waals surface area contributed by atoms with Crippen LogP contribution in [0.15, 0.2) is 42.6 Å². The predicted octanol–water partition coefficient (Wildman–Crippen LogP) is 2.64. The lowest BCUT2D eigenvalue weighted by molar-refractivity contribution is -0.144. The maximum Gasteiger partial charge on any atom is 0.249 e. The molecule has 2 heterocycles. The van der Waals surface area contributed by atoms with Crippen LogP contribution in [-0.2, 0) is 22.7 Å². The Morgan fingerprint density at radius 1 is 1.19 bits per heavy atom. The monoisotopic (exact) mass is 367 g/mol. The first kappa shape index (κ1) is 17.6. The Bertz CT molecular complexity index is 839. The van der Waals surface area contributed by atoms with Gasteiger partial charge in [0.15, 0.2) is 6.04 Å². The summed E-state index contributed by atoms with van der Waals surface area (Å²) in [5.74, 6) is 0.571. The number of methoxy groups -OCH3 is 1. The van der Waals surface area contributed by atoms with Crippen LogP contribution in [0, 0.1) is 0 Å². The molecule has 0 unspecified atom stereocenters. The summed E-state index contributed by atoms with van der Waals surface area (Å²) in [6.45, 7) is 0.599. The van der Waals surface area contributed by atoms with Gasteiger partial charge in [-0.2, -0.15) is 0 Å². The number of benzene rings is 1. The molecule has 1 saturated carbocycles. The van der Waals surface area contributed by atoms with E-state index in [4.69, 9.17) is 4.74 Å². The van der Waals surface area contributed by atoms with Gasteiger partial charge in [0, 0.05) is 17.8 Å². The predicted molar refractivity (Wildman–Crippen MR) is 101 cm³/mol. The lowest BCUT2D eigenvalue weighted by atomic mass is 10.1. The summed E-state index contributed by atoms with van der Waals surface area (Å²) in [5, 5.41) is 3.17. The van der Waals surface area contributed by atoms with Gasteiger partial charge in [-0.1, -0.05) is 31.0 Å². The van der Waals surface area contributed by atoms with E-state index in [1.165, 1.54) is 0 Å². The quantitative estimate of drug-likeness (QED) is 0.884. The van der Waals surface area contributed by atoms with Crippen molar-refractivity contribution in [3.8, 4) is 5.75 Å². The fourth-order valence-corrected chi connectivity index (χ4v) is 4.18. The molecule has 0 bridgehead atoms. The van der Waals surface area contributed by atoms with Crippen molar-refractivity contribution in [2.24, 2.45) is 0 Å². The lowest BCUT2D eigenvalue weighted by Crippen LogP contribution is -2.50. The fraction of sp³-hybridized carbons (Fsp3) is 0.429. The van der Waals surface area contributed by atoms with Crippen molar-refractivity contribution < 1.29 is 14.3 Å². The van der Waals surface area contributed by atoms with Gasteiger partial charge >= 0.3 is 0 Å². The molecule has 6 heteroatoms. The fourth-order valence-electron chi connectivity index (χ4n) is 4.18. The molecule has 1 aromatic heterocycles. The smallest absolute Gasteiger partial charge is 0.249 e. The Labute approximate surface area is 159 Å². The Morgan fingerprint density at radius 2 is 1.96 bits per heavy atom. The molecule has 27 heavy (non-hydrogen) atoms. The summed E-state index contributed by atoms with van der Waals surface area (Å²) >= 11 is 0. The molecule has 0 radical (unpaired) electrons. The van der Waals surface area contributed by atoms with Gasteiger partial charge in [-0.25, -0.2) is 0 Å². The highest BCUT2D eigenvalue weighted by atomic mass is 16.5. The second kappa shape index (κ2) is 7.47. The number of nitrogens with zero attached hydrogens (tertiary/aromatic N) is 2. The van der Waals surface area contributed by atoms with Crippen molar-refractivity contribution in [1.29, 1.82) is 0 Å². The first-order valence-corrected chi connectivity index (χ1v) is 9.54. The molecule has 1 aromatic carbocycles. The Hall–Kier alpha value is -2.76. The van der Waals surface area contributed by atoms with Crippen molar-refractivity contribution in [1.82, 2.24) is 14.8 Å². The van der Waals surface area contributed by atoms with Gasteiger partial charge in [0.25, 0.3) is 0 Å². The van der Waals surface area contributed by atoms with Crippen LogP contribution in [0.5, 0.6) is 5.75 Å². The Balaban J connectivity index is 1.64. The molecule has 2 aliphatic rings. The number of fused-ring (bicyclic) bond motifs is 1. The molecule has 1 N–H and O–H groups in total. The van der Waals surface area contributed by atoms with E-state index in [-0.39, 0.29) is 24.4 Å². The molecule has 6 nitrogen and oxygen atoms in total. The molecule has 142 valence electrons. The number of hydrogen-bond acceptors (Lipinski definition) is 3. The van der Waals surface area contributed by atoms with Crippen LogP contribution in [0.4, 0.5) is 0 Å². The summed E-state index contributed by atoms with van der Waals surface area (Å²) in [6, 6.07) is 11.0. The molecular formula is C21H25N3O3. The van der Waals surface area contributed by atoms with E-state index in [0.717, 1.165) is 42.7 Å². The second-order valence-corrected chi connectivity index (χ2v) is 7.29. The molecule has 1 atom stereocenters. The molecule has 1 fully saturated rings. The molecular weight excluding hydrogens is 342 g/mol. The summed E-state index contributed by atoms with van der Waals surface area (Å²) in [7, 11) is 1.62. The van der Waals surface area contributed by atoms with Gasteiger partial charge in [-0.05, 0) is 31.0 Å². The zero-order valence-corrected chi connectivity index (χ0v) is 15.6. The van der Waals surface area contributed by atoms with Crippen molar-refractivity contribution in [2.75, 3.05) is 7.11 Å². The van der Waals surface area contributed by atoms with Crippen LogP contribution in [0.3, 0.4) is 0 Å². The van der Waals surface area contributed by atoms with Crippen LogP contribution in [-0.4, -0.2) is 34.4 Å². The SMILES string of the molecule is COc1ccccc1CN1C(=O)Cn2cccc2[C@H]1C(=O)NC1CCCC1. The van der Waals surface area contributed by atoms with E-state index in [2.05, 4.69) is 5.32 Å². The van der Waals surface area contributed by atoms with Crippen LogP contribution in [0.2, 0.25) is 0 Å². The largest absolute Gasteiger partial charge is 0.496 e. The zero-order valence-electron chi connectivity index (χ0n) is 15.6. The van der Waals surface area contributed by atoms with E-state index in [9.17, 15) is 9.59 Å². The third-order valence-electron chi connectivity index (χ3n) is 5.57. The van der Waals surface area contributed by atoms with E-state index < -0.39 is 6.04 Å². The number of hydrogen-bond donors (Lipinski definition) is 1. The van der Waals surface area contributed by atoms with E-state index in [0.29, 0.717) is 6.54 Å². The van der Waals surface area contributed by atoms with Gasteiger partial charge in [0.05, 0.1) is 19.3 Å². The summed E-state index contributed by atoms with van der Waals surface area (Å²) < 4.78 is 7.31. The van der Waals surface area contributed by atoms with Gasteiger partial charge in [-0.15, -0.1) is 0 Å². The molecule has 0 spiro atoms. The minimum atomic E-state index is -0.619. The standard InChI is InChI=1S/C21H25N3O3/c1-27-18-11-5-2-7-15(18)13-24-19(25)14-23-12-6-10-17(23)20(24)21(26)22-16-8-3-4-9-16/h2,5-7,10-12,16,20H,3-4,8-9,13-14H2,1H3,(H,22,26)/t20-/m0/s1. The lowest BCUT2D eigenvalue weighted by Gasteiger charge is -2.36. The normalized spacial score (nSPS) is 19.8. The third kappa shape index (κ3) is 3.44. The van der Waals surface area contributed by atoms with Crippen molar-refractivity contribution in [2.45, 2.75) is 50.9 Å². The molecule has 2 aromatic rings. The Morgan fingerprint density at radius 3 is 2.74 bits per heavy atom. The zero-order chi connectivity index (χ0) is 18.8. The maximum absolute atomic E-state index is 13.2. The van der Waals surface area contributed by atoms with E-state index in [1.54, 1.807) is 12.0 Å². The number of carbonyl (C=O) groups is 2. The van der Waals surface area contributed by atoms with Gasteiger partial charge < -0.3 is 19.5 Å². The number of aromatic nitrogens is 1. The molecule has 1 aliphatic heterocycles. The molecule has 4 rings (SSSR count). The van der Waals surface area contributed by atoms with Crippen LogP contribution < -0.4 is 10.1 Å². The van der Waals surface area contributed by atoms with Crippen molar-refractivity contribution >= 4 is 11.8 Å². The Kier molecular flexibility index (Phi) is 4.88. The van der Waals surface area contributed by atoms with Crippen molar-refractivity contribution in [3.63, 3.8) is 0 Å². The van der Waals surface area contributed by atoms with Crippen molar-refractivity contribution in [3.05, 3.63) is 53.9 Å². The van der Waals surface area contributed by atoms with Crippen LogP contribution in [0.1, 0.15) is 43.0 Å². The highest BCUT2D eigenvalue weighted by Crippen LogP contribution is 2.31. The van der Waals surface area contributed by atoms with Gasteiger partial charge in [0.1, 0.15) is 12.3 Å². The topological polar surface area (TPSA) is 63.6 Å². The highest BCUT2D eigenvalue weighted by molar-refractivity contribution is 5.90. The van der Waals surface area contributed by atoms with Gasteiger partial charge in [0.2, 0.25) is 11.8 Å². The van der Waals surface area contributed by atoms with E-state index in [1.807, 2.05) is 47.2 Å². The number of rotatable bonds is 5. The minimum absolute atomic E-state index is 0.0591. The average Bonchev–Trinajstić information content (AvgIpc) is 3.34. The molecule has 1 aliphatic carbocycles. The van der Waals surface area contributed by atoms with Gasteiger partial charge in [-0.3, -0.25) is 9.59 Å². The number of amides is 2. The maximum atomic E-state index is 13.2. The summed E-state index contributed by atoms with van der Waals surface area (Å²) in [4.78, 5) is 27.7. The second-order valence-electron chi connectivity index (χ2n) is 7.29. The number of carbonyl (C=O) groups excluding carboxylic acids is 2. The first-order chi connectivity index (χ1) is 13.2. The highest BCUT2D eigenvalue weighted by Gasteiger charge is 2.38. The third-order valence-corrected chi connectivity index (χ3v) is 5.57. The molecule has 2 amide bonds. The summed E-state index contributed by atoms with van der Waals surface area (Å²) in [6.07, 6.45) is 6.19. The van der Waals surface area contributed by atoms with E-state index >= 15 is 0 Å².